The van der Waals surface area contributed by atoms with Crippen LogP contribution < -0.4 is 0 Å². The van der Waals surface area contributed by atoms with E-state index < -0.39 is 54.6 Å². The molecule has 11 nitrogen and oxygen atoms in total. The monoisotopic (exact) mass is 524 g/mol. The van der Waals surface area contributed by atoms with Gasteiger partial charge in [0, 0.05) is 25.9 Å². The van der Waals surface area contributed by atoms with Crippen molar-refractivity contribution < 1.29 is 52.3 Å². The van der Waals surface area contributed by atoms with E-state index in [-0.39, 0.29) is 32.7 Å². The first kappa shape index (κ1) is 30.2. The molecule has 0 spiro atoms. The van der Waals surface area contributed by atoms with Gasteiger partial charge in [0.25, 0.3) is 0 Å². The first-order chi connectivity index (χ1) is 17.8. The summed E-state index contributed by atoms with van der Waals surface area (Å²) in [5.41, 5.74) is 0.714. The van der Waals surface area contributed by atoms with Crippen LogP contribution in [-0.2, 0) is 58.9 Å². The molecule has 1 fully saturated rings. The molecule has 5 atom stereocenters. The second-order valence-corrected chi connectivity index (χ2v) is 8.14. The quantitative estimate of drug-likeness (QED) is 0.154. The van der Waals surface area contributed by atoms with E-state index >= 15 is 0 Å². The molecule has 11 heteroatoms. The molecule has 0 N–H and O–H groups in total. The normalized spacial score (nSPS) is 23.1. The predicted molar refractivity (Wildman–Crippen MR) is 128 cm³/mol. The van der Waals surface area contributed by atoms with E-state index in [1.54, 1.807) is 45.0 Å². The number of esters is 4. The fourth-order valence-electron chi connectivity index (χ4n) is 3.36. The molecule has 0 radical (unpaired) electrons. The highest BCUT2D eigenvalue weighted by Gasteiger charge is 2.55. The summed E-state index contributed by atoms with van der Waals surface area (Å²) >= 11 is 0. The molecule has 1 aromatic carbocycles. The van der Waals surface area contributed by atoms with Gasteiger partial charge in [-0.25, -0.2) is 4.79 Å². The van der Waals surface area contributed by atoms with Gasteiger partial charge in [-0.05, 0) is 12.0 Å². The minimum Gasteiger partial charge on any atom is -0.459 e. The molecule has 2 rings (SSSR count). The van der Waals surface area contributed by atoms with Gasteiger partial charge in [-0.3, -0.25) is 14.4 Å². The van der Waals surface area contributed by atoms with Gasteiger partial charge in [-0.2, -0.15) is 0 Å². The second-order valence-electron chi connectivity index (χ2n) is 8.14. The summed E-state index contributed by atoms with van der Waals surface area (Å²) in [6.45, 7) is 6.69. The number of hydrogen-bond donors (Lipinski definition) is 0. The molecule has 37 heavy (non-hydrogen) atoms. The maximum absolute atomic E-state index is 13.2. The molecule has 1 saturated heterocycles. The van der Waals surface area contributed by atoms with Crippen molar-refractivity contribution in [1.29, 1.82) is 0 Å². The van der Waals surface area contributed by atoms with Crippen LogP contribution in [0.25, 0.3) is 0 Å². The highest BCUT2D eigenvalue weighted by molar-refractivity contribution is 5.78. The van der Waals surface area contributed by atoms with Gasteiger partial charge in [0.2, 0.25) is 6.29 Å². The van der Waals surface area contributed by atoms with Crippen molar-refractivity contribution in [3.8, 4) is 0 Å². The Morgan fingerprint density at radius 2 is 1.38 bits per heavy atom. The molecule has 0 aromatic heterocycles. The molecular formula is C26H36O11. The number of rotatable bonds is 14. The van der Waals surface area contributed by atoms with Gasteiger partial charge in [-0.1, -0.05) is 58.0 Å². The van der Waals surface area contributed by atoms with Crippen molar-refractivity contribution in [2.75, 3.05) is 13.4 Å². The van der Waals surface area contributed by atoms with Gasteiger partial charge in [0.15, 0.2) is 24.4 Å². The Labute approximate surface area is 216 Å². The lowest BCUT2D eigenvalue weighted by atomic mass is 9.97. The minimum atomic E-state index is -1.57. The summed E-state index contributed by atoms with van der Waals surface area (Å²) in [7, 11) is 0. The summed E-state index contributed by atoms with van der Waals surface area (Å²) in [5.74, 6) is -2.86. The van der Waals surface area contributed by atoms with E-state index in [0.717, 1.165) is 6.42 Å². The van der Waals surface area contributed by atoms with Gasteiger partial charge < -0.3 is 33.2 Å². The summed E-state index contributed by atoms with van der Waals surface area (Å²) in [6.07, 6.45) is -6.38. The second kappa shape index (κ2) is 16.0. The topological polar surface area (TPSA) is 133 Å². The van der Waals surface area contributed by atoms with Gasteiger partial charge in [0.1, 0.15) is 13.4 Å². The molecule has 1 aromatic rings. The highest BCUT2D eigenvalue weighted by Crippen LogP contribution is 2.31. The van der Waals surface area contributed by atoms with Gasteiger partial charge in [0.05, 0.1) is 0 Å². The van der Waals surface area contributed by atoms with Crippen LogP contribution in [0.15, 0.2) is 30.3 Å². The Hall–Kier alpha value is -3.02. The molecule has 1 aliphatic rings. The smallest absolute Gasteiger partial charge is 0.339 e. The lowest BCUT2D eigenvalue weighted by Crippen LogP contribution is -2.64. The van der Waals surface area contributed by atoms with Gasteiger partial charge >= 0.3 is 23.9 Å². The lowest BCUT2D eigenvalue weighted by Gasteiger charge is -2.43. The van der Waals surface area contributed by atoms with Crippen LogP contribution in [0, 0.1) is 0 Å². The largest absolute Gasteiger partial charge is 0.459 e. The number of carbonyl (C=O) groups excluding carboxylic acids is 4. The summed E-state index contributed by atoms with van der Waals surface area (Å²) in [4.78, 5) is 50.0. The van der Waals surface area contributed by atoms with Crippen LogP contribution in [0.3, 0.4) is 0 Å². The summed E-state index contributed by atoms with van der Waals surface area (Å²) < 4.78 is 38.9. The third kappa shape index (κ3) is 9.42. The van der Waals surface area contributed by atoms with Crippen LogP contribution >= 0.6 is 0 Å². The molecular weight excluding hydrogens is 488 g/mol. The van der Waals surface area contributed by atoms with Crippen molar-refractivity contribution in [2.45, 2.75) is 90.7 Å². The molecule has 206 valence electrons. The minimum absolute atomic E-state index is 0.00656. The fraction of sp³-hybridized carbons (Fsp3) is 0.615. The van der Waals surface area contributed by atoms with Crippen LogP contribution in [-0.4, -0.2) is 68.0 Å². The Morgan fingerprint density at radius 3 is 1.97 bits per heavy atom. The number of carbonyl (C=O) groups is 4. The lowest BCUT2D eigenvalue weighted by molar-refractivity contribution is -0.310. The zero-order chi connectivity index (χ0) is 27.2. The Kier molecular flexibility index (Phi) is 13.0. The standard InChI is InChI=1S/C26H36O11/c1-5-14-31-16-33-24-22(35-19(28)7-3)21(34-18(27)6-2)23(37-26(24)36-20(29)8-4)25(30)32-15-17-12-10-9-11-13-17/h9-13,21-24,26H,5-8,14-16H2,1-4H3/t21-,22-,23-,24+,26+/m0/s1. The molecule has 0 aliphatic carbocycles. The summed E-state index contributed by atoms with van der Waals surface area (Å²) in [5, 5.41) is 0. The van der Waals surface area contributed by atoms with Crippen LogP contribution in [0.2, 0.25) is 0 Å². The van der Waals surface area contributed by atoms with E-state index in [1.807, 2.05) is 13.0 Å². The number of benzene rings is 1. The Morgan fingerprint density at radius 1 is 0.784 bits per heavy atom. The SMILES string of the molecule is CCCOCO[C@H]1[C@H](OC(=O)CC)O[C@H](C(=O)OCc2ccccc2)[C@@H](OC(=O)CC)[C@@H]1OC(=O)CC. The average Bonchev–Trinajstić information content (AvgIpc) is 2.92. The zero-order valence-electron chi connectivity index (χ0n) is 21.7. The predicted octanol–water partition coefficient (Wildman–Crippen LogP) is 2.82. The molecule has 0 bridgehead atoms. The zero-order valence-corrected chi connectivity index (χ0v) is 21.7. The van der Waals surface area contributed by atoms with Crippen molar-refractivity contribution in [3.05, 3.63) is 35.9 Å². The number of ether oxygens (including phenoxy) is 7. The third-order valence-corrected chi connectivity index (χ3v) is 5.29. The van der Waals surface area contributed by atoms with Crippen molar-refractivity contribution >= 4 is 23.9 Å². The van der Waals surface area contributed by atoms with Crippen molar-refractivity contribution in [2.24, 2.45) is 0 Å². The Balaban J connectivity index is 2.40. The first-order valence-electron chi connectivity index (χ1n) is 12.5. The van der Waals surface area contributed by atoms with E-state index in [4.69, 9.17) is 33.2 Å². The Bertz CT molecular complexity index is 873. The number of hydrogen-bond acceptors (Lipinski definition) is 11. The van der Waals surface area contributed by atoms with E-state index in [2.05, 4.69) is 0 Å². The van der Waals surface area contributed by atoms with Crippen molar-refractivity contribution in [1.82, 2.24) is 0 Å². The van der Waals surface area contributed by atoms with Crippen molar-refractivity contribution in [3.63, 3.8) is 0 Å². The molecule has 0 unspecified atom stereocenters. The van der Waals surface area contributed by atoms with Crippen LogP contribution in [0.4, 0.5) is 0 Å². The maximum Gasteiger partial charge on any atom is 0.339 e. The average molecular weight is 525 g/mol. The van der Waals surface area contributed by atoms with Crippen LogP contribution in [0.5, 0.6) is 0 Å². The van der Waals surface area contributed by atoms with E-state index in [9.17, 15) is 19.2 Å². The molecule has 0 amide bonds. The molecule has 1 heterocycles. The molecule has 0 saturated carbocycles. The first-order valence-corrected chi connectivity index (χ1v) is 12.5. The fourth-order valence-corrected chi connectivity index (χ4v) is 3.36. The summed E-state index contributed by atoms with van der Waals surface area (Å²) in [6, 6.07) is 8.92. The van der Waals surface area contributed by atoms with E-state index in [0.29, 0.717) is 12.2 Å². The third-order valence-electron chi connectivity index (χ3n) is 5.29. The van der Waals surface area contributed by atoms with E-state index in [1.165, 1.54) is 0 Å². The van der Waals surface area contributed by atoms with Crippen LogP contribution in [0.1, 0.15) is 58.9 Å². The van der Waals surface area contributed by atoms with Gasteiger partial charge in [-0.15, -0.1) is 0 Å². The highest BCUT2D eigenvalue weighted by atomic mass is 16.8. The maximum atomic E-state index is 13.2. The molecule has 1 aliphatic heterocycles.